The molecule has 0 aliphatic carbocycles. The minimum atomic E-state index is -1.09. The Hall–Kier alpha value is -4.38. The minimum absolute atomic E-state index is 0.0621. The molecular weight excluding hydrogens is 570 g/mol. The number of unbranched alkanes of at least 4 members (excludes halogenated alkanes) is 1. The maximum Gasteiger partial charge on any atom is 0.305 e. The second-order valence-electron chi connectivity index (χ2n) is 10.7. The summed E-state index contributed by atoms with van der Waals surface area (Å²) in [5, 5.41) is 14.5. The Morgan fingerprint density at radius 3 is 2.58 bits per heavy atom. The Labute approximate surface area is 254 Å². The molecule has 0 bridgehead atoms. The number of rotatable bonds is 13. The summed E-state index contributed by atoms with van der Waals surface area (Å²) in [4.78, 5) is 57.6. The fraction of sp³-hybridized carbons (Fsp3) is 0.375. The first-order valence-corrected chi connectivity index (χ1v) is 15.3. The van der Waals surface area contributed by atoms with E-state index < -0.39 is 30.0 Å². The van der Waals surface area contributed by atoms with Crippen LogP contribution in [0.5, 0.6) is 11.5 Å². The van der Waals surface area contributed by atoms with Crippen molar-refractivity contribution in [2.45, 2.75) is 63.7 Å². The van der Waals surface area contributed by atoms with Gasteiger partial charge in [0.05, 0.1) is 19.0 Å². The first kappa shape index (κ1) is 30.1. The molecule has 3 atom stereocenters. The summed E-state index contributed by atoms with van der Waals surface area (Å²) in [5.74, 6) is -1.11. The van der Waals surface area contributed by atoms with Crippen molar-refractivity contribution in [1.82, 2.24) is 15.1 Å². The van der Waals surface area contributed by atoms with E-state index in [0.29, 0.717) is 42.9 Å². The molecule has 226 valence electrons. The number of aliphatic carboxylic acids is 1. The second-order valence-corrected chi connectivity index (χ2v) is 11.7. The Morgan fingerprint density at radius 1 is 1.07 bits per heavy atom. The molecule has 2 aliphatic rings. The molecule has 2 aromatic carbocycles. The van der Waals surface area contributed by atoms with Crippen LogP contribution in [0.4, 0.5) is 0 Å². The first-order valence-electron chi connectivity index (χ1n) is 14.4. The van der Waals surface area contributed by atoms with Crippen molar-refractivity contribution in [3.63, 3.8) is 0 Å². The van der Waals surface area contributed by atoms with Gasteiger partial charge in [-0.3, -0.25) is 19.2 Å². The average Bonchev–Trinajstić information content (AvgIpc) is 3.69. The van der Waals surface area contributed by atoms with Crippen molar-refractivity contribution in [3.05, 3.63) is 82.0 Å². The molecule has 10 nitrogen and oxygen atoms in total. The fourth-order valence-corrected chi connectivity index (χ4v) is 6.23. The number of fused-ring (bicyclic) bond motifs is 1. The summed E-state index contributed by atoms with van der Waals surface area (Å²) in [5.41, 5.74) is 1.45. The van der Waals surface area contributed by atoms with Gasteiger partial charge in [-0.2, -0.15) is 0 Å². The Morgan fingerprint density at radius 2 is 1.86 bits per heavy atom. The van der Waals surface area contributed by atoms with Crippen LogP contribution in [0.1, 0.15) is 54.7 Å². The van der Waals surface area contributed by atoms with Gasteiger partial charge in [-0.1, -0.05) is 62.2 Å². The highest BCUT2D eigenvalue weighted by Gasteiger charge is 2.44. The lowest BCUT2D eigenvalue weighted by Gasteiger charge is -2.43. The molecule has 1 fully saturated rings. The number of carboxylic acids is 1. The molecule has 3 aromatic rings. The molecular formula is C32H35N3O7S. The molecule has 5 rings (SSSR count). The summed E-state index contributed by atoms with van der Waals surface area (Å²) in [6.45, 7) is 2.13. The predicted molar refractivity (Wildman–Crippen MR) is 160 cm³/mol. The van der Waals surface area contributed by atoms with Crippen LogP contribution in [0.25, 0.3) is 0 Å². The van der Waals surface area contributed by atoms with Crippen molar-refractivity contribution < 1.29 is 33.8 Å². The molecule has 0 saturated carbocycles. The summed E-state index contributed by atoms with van der Waals surface area (Å²) in [6.07, 6.45) is 1.70. The standard InChI is InChI=1S/C32H35N3O7S/c1-2-3-11-25(31(39)33-24(17-30(37)38)22-12-13-27-28(16-22)42-20-41-27)35-19-29(36)34(18-23-10-7-14-43-23)26(32(35)40)15-21-8-5-4-6-9-21/h4-10,12-14,16,24-26H,2-3,11,15,17-20H2,1H3,(H,33,39)(H,37,38)/t24-,25-,26-/m0/s1. The molecule has 43 heavy (non-hydrogen) atoms. The molecule has 0 unspecified atom stereocenters. The second kappa shape index (κ2) is 13.7. The van der Waals surface area contributed by atoms with Crippen LogP contribution < -0.4 is 14.8 Å². The van der Waals surface area contributed by atoms with Gasteiger partial charge >= 0.3 is 5.97 Å². The maximum absolute atomic E-state index is 14.2. The molecule has 3 heterocycles. The van der Waals surface area contributed by atoms with Gasteiger partial charge in [-0.25, -0.2) is 0 Å². The highest BCUT2D eigenvalue weighted by molar-refractivity contribution is 7.09. The van der Waals surface area contributed by atoms with Crippen LogP contribution >= 0.6 is 11.3 Å². The average molecular weight is 606 g/mol. The number of piperazine rings is 1. The maximum atomic E-state index is 14.2. The van der Waals surface area contributed by atoms with Crippen molar-refractivity contribution in [3.8, 4) is 11.5 Å². The third-order valence-corrected chi connectivity index (χ3v) is 8.61. The third-order valence-electron chi connectivity index (χ3n) is 7.75. The molecule has 0 spiro atoms. The third kappa shape index (κ3) is 7.16. The first-order chi connectivity index (χ1) is 20.8. The van der Waals surface area contributed by atoms with E-state index in [1.54, 1.807) is 23.1 Å². The number of carbonyl (C=O) groups is 4. The van der Waals surface area contributed by atoms with Crippen LogP contribution in [-0.4, -0.2) is 64.0 Å². The summed E-state index contributed by atoms with van der Waals surface area (Å²) in [7, 11) is 0. The van der Waals surface area contributed by atoms with Crippen LogP contribution in [0, 0.1) is 0 Å². The van der Waals surface area contributed by atoms with E-state index in [1.165, 1.54) is 16.2 Å². The van der Waals surface area contributed by atoms with Gasteiger partial charge in [-0.15, -0.1) is 11.3 Å². The zero-order valence-corrected chi connectivity index (χ0v) is 24.8. The lowest BCUT2D eigenvalue weighted by atomic mass is 9.97. The Bertz CT molecular complexity index is 1450. The number of ether oxygens (including phenoxy) is 2. The minimum Gasteiger partial charge on any atom is -0.481 e. The van der Waals surface area contributed by atoms with E-state index in [4.69, 9.17) is 9.47 Å². The number of nitrogens with one attached hydrogen (secondary N) is 1. The molecule has 2 N–H and O–H groups in total. The number of benzene rings is 2. The number of thiophene rings is 1. The Balaban J connectivity index is 1.42. The molecule has 0 radical (unpaired) electrons. The van der Waals surface area contributed by atoms with Gasteiger partial charge in [0.25, 0.3) is 0 Å². The molecule has 1 aromatic heterocycles. The lowest BCUT2D eigenvalue weighted by Crippen LogP contribution is -2.64. The quantitative estimate of drug-likeness (QED) is 0.300. The van der Waals surface area contributed by atoms with Crippen LogP contribution in [0.15, 0.2) is 66.0 Å². The highest BCUT2D eigenvalue weighted by atomic mass is 32.1. The van der Waals surface area contributed by atoms with Gasteiger partial charge in [0.2, 0.25) is 24.5 Å². The van der Waals surface area contributed by atoms with Crippen LogP contribution in [0.3, 0.4) is 0 Å². The zero-order chi connectivity index (χ0) is 30.3. The summed E-state index contributed by atoms with van der Waals surface area (Å²) >= 11 is 1.52. The van der Waals surface area contributed by atoms with E-state index >= 15 is 0 Å². The van der Waals surface area contributed by atoms with Crippen molar-refractivity contribution in [1.29, 1.82) is 0 Å². The van der Waals surface area contributed by atoms with Gasteiger partial charge < -0.3 is 29.7 Å². The summed E-state index contributed by atoms with van der Waals surface area (Å²) < 4.78 is 10.8. The lowest BCUT2D eigenvalue weighted by molar-refractivity contribution is -0.161. The number of carboxylic acid groups (broad SMARTS) is 1. The zero-order valence-electron chi connectivity index (χ0n) is 23.9. The topological polar surface area (TPSA) is 125 Å². The van der Waals surface area contributed by atoms with E-state index in [1.807, 2.05) is 54.8 Å². The van der Waals surface area contributed by atoms with Crippen LogP contribution in [0.2, 0.25) is 0 Å². The van der Waals surface area contributed by atoms with Crippen molar-refractivity contribution in [2.24, 2.45) is 0 Å². The fourth-order valence-electron chi connectivity index (χ4n) is 5.53. The SMILES string of the molecule is CCCC[C@@H](C(=O)N[C@@H](CC(=O)O)c1ccc2c(c1)OCO2)N1CC(=O)N(Cc2cccs2)[C@@H](Cc2ccccc2)C1=O. The van der Waals surface area contributed by atoms with E-state index in [-0.39, 0.29) is 31.6 Å². The van der Waals surface area contributed by atoms with E-state index in [2.05, 4.69) is 5.32 Å². The molecule has 2 aliphatic heterocycles. The number of carbonyl (C=O) groups excluding carboxylic acids is 3. The van der Waals surface area contributed by atoms with Gasteiger partial charge in [-0.05, 0) is 41.1 Å². The summed E-state index contributed by atoms with van der Waals surface area (Å²) in [6, 6.07) is 15.8. The van der Waals surface area contributed by atoms with Crippen LogP contribution in [-0.2, 0) is 32.1 Å². The molecule has 1 saturated heterocycles. The van der Waals surface area contributed by atoms with E-state index in [0.717, 1.165) is 16.9 Å². The number of amides is 3. The van der Waals surface area contributed by atoms with Gasteiger partial charge in [0.1, 0.15) is 18.6 Å². The van der Waals surface area contributed by atoms with Gasteiger partial charge in [0, 0.05) is 11.3 Å². The predicted octanol–water partition coefficient (Wildman–Crippen LogP) is 4.15. The number of nitrogens with zero attached hydrogens (tertiary/aromatic N) is 2. The smallest absolute Gasteiger partial charge is 0.305 e. The molecule has 3 amide bonds. The molecule has 11 heteroatoms. The van der Waals surface area contributed by atoms with Crippen molar-refractivity contribution >= 4 is 35.0 Å². The van der Waals surface area contributed by atoms with E-state index in [9.17, 15) is 24.3 Å². The number of hydrogen-bond donors (Lipinski definition) is 2. The number of hydrogen-bond acceptors (Lipinski definition) is 7. The monoisotopic (exact) mass is 605 g/mol. The normalized spacial score (nSPS) is 17.6. The Kier molecular flexibility index (Phi) is 9.61. The van der Waals surface area contributed by atoms with Gasteiger partial charge in [0.15, 0.2) is 11.5 Å². The largest absolute Gasteiger partial charge is 0.481 e. The van der Waals surface area contributed by atoms with Crippen molar-refractivity contribution in [2.75, 3.05) is 13.3 Å². The highest BCUT2D eigenvalue weighted by Crippen LogP contribution is 2.35.